The van der Waals surface area contributed by atoms with Crippen LogP contribution in [0.25, 0.3) is 11.1 Å². The molecule has 6 heteroatoms. The molecule has 35 heavy (non-hydrogen) atoms. The summed E-state index contributed by atoms with van der Waals surface area (Å²) in [6.45, 7) is 6.53. The van der Waals surface area contributed by atoms with E-state index in [2.05, 4.69) is 59.0 Å². The van der Waals surface area contributed by atoms with E-state index >= 15 is 0 Å². The zero-order valence-corrected chi connectivity index (χ0v) is 20.8. The van der Waals surface area contributed by atoms with Crippen molar-refractivity contribution in [2.75, 3.05) is 30.9 Å². The molecule has 182 valence electrons. The van der Waals surface area contributed by atoms with Gasteiger partial charge in [-0.25, -0.2) is 0 Å². The number of aromatic nitrogens is 1. The Hall–Kier alpha value is -3.22. The number of ether oxygens (including phenoxy) is 1. The van der Waals surface area contributed by atoms with Gasteiger partial charge in [-0.1, -0.05) is 24.3 Å². The summed E-state index contributed by atoms with van der Waals surface area (Å²) in [5.41, 5.74) is 9.32. The maximum absolute atomic E-state index is 13.2. The van der Waals surface area contributed by atoms with Crippen molar-refractivity contribution >= 4 is 17.3 Å². The molecule has 2 fully saturated rings. The summed E-state index contributed by atoms with van der Waals surface area (Å²) >= 11 is 0. The minimum absolute atomic E-state index is 0.170. The number of amides is 1. The van der Waals surface area contributed by atoms with Crippen molar-refractivity contribution in [3.8, 4) is 11.1 Å². The smallest absolute Gasteiger partial charge is 0.274 e. The van der Waals surface area contributed by atoms with Gasteiger partial charge in [-0.2, -0.15) is 0 Å². The van der Waals surface area contributed by atoms with Crippen molar-refractivity contribution in [1.82, 2.24) is 10.3 Å². The Morgan fingerprint density at radius 3 is 2.40 bits per heavy atom. The minimum atomic E-state index is -0.170. The van der Waals surface area contributed by atoms with E-state index in [1.54, 1.807) is 0 Å². The second kappa shape index (κ2) is 10.2. The van der Waals surface area contributed by atoms with Gasteiger partial charge in [0, 0.05) is 43.8 Å². The molecule has 1 saturated heterocycles. The predicted octanol–water partition coefficient (Wildman–Crippen LogP) is 5.42. The van der Waals surface area contributed by atoms with Crippen LogP contribution >= 0.6 is 0 Å². The first-order valence-electron chi connectivity index (χ1n) is 12.5. The molecular weight excluding hydrogens is 436 g/mol. The molecule has 3 aromatic rings. The monoisotopic (exact) mass is 470 g/mol. The summed E-state index contributed by atoms with van der Waals surface area (Å²) in [6.07, 6.45) is 5.28. The Labute approximate surface area is 207 Å². The largest absolute Gasteiger partial charge is 0.388 e. The fourth-order valence-corrected chi connectivity index (χ4v) is 4.94. The Morgan fingerprint density at radius 2 is 1.74 bits per heavy atom. The van der Waals surface area contributed by atoms with Crippen molar-refractivity contribution in [2.24, 2.45) is 0 Å². The van der Waals surface area contributed by atoms with Gasteiger partial charge in [0.2, 0.25) is 0 Å². The van der Waals surface area contributed by atoms with Crippen LogP contribution in [0.5, 0.6) is 0 Å². The molecule has 0 bridgehead atoms. The van der Waals surface area contributed by atoms with E-state index in [1.807, 2.05) is 31.4 Å². The number of nitrogens with one attached hydrogen (secondary N) is 3. The van der Waals surface area contributed by atoms with Crippen LogP contribution in [0, 0.1) is 13.8 Å². The zero-order valence-electron chi connectivity index (χ0n) is 20.8. The first-order chi connectivity index (χ1) is 17.0. The molecule has 2 heterocycles. The second-order valence-corrected chi connectivity index (χ2v) is 9.64. The van der Waals surface area contributed by atoms with Crippen LogP contribution in [-0.2, 0) is 11.3 Å². The molecule has 1 saturated carbocycles. The number of carbonyl (C=O) groups excluding carboxylic acids is 1. The van der Waals surface area contributed by atoms with Crippen molar-refractivity contribution in [3.63, 3.8) is 0 Å². The fraction of sp³-hybridized carbons (Fsp3) is 0.379. The number of hydrogen-bond donors (Lipinski definition) is 3. The second-order valence-electron chi connectivity index (χ2n) is 9.64. The first kappa shape index (κ1) is 23.5. The molecule has 1 amide bonds. The number of rotatable bonds is 8. The third kappa shape index (κ3) is 5.09. The molecule has 6 nitrogen and oxygen atoms in total. The molecule has 1 atom stereocenters. The lowest BCUT2D eigenvalue weighted by molar-refractivity contribution is 0.102. The highest BCUT2D eigenvalue weighted by molar-refractivity contribution is 6.04. The van der Waals surface area contributed by atoms with E-state index in [0.29, 0.717) is 17.7 Å². The summed E-state index contributed by atoms with van der Waals surface area (Å²) in [4.78, 5) is 17.8. The lowest BCUT2D eigenvalue weighted by Crippen LogP contribution is -2.29. The summed E-state index contributed by atoms with van der Waals surface area (Å²) < 4.78 is 5.47. The van der Waals surface area contributed by atoms with Crippen molar-refractivity contribution in [3.05, 3.63) is 76.6 Å². The van der Waals surface area contributed by atoms with Crippen molar-refractivity contribution in [2.45, 2.75) is 51.6 Å². The molecule has 5 rings (SSSR count). The number of anilines is 2. The number of hydrogen-bond acceptors (Lipinski definition) is 5. The van der Waals surface area contributed by atoms with Crippen LogP contribution in [0.15, 0.2) is 48.7 Å². The number of pyridine rings is 1. The topological polar surface area (TPSA) is 75.3 Å². The standard InChI is InChI=1S/C29H34N4O2/c1-18-23(6-4-8-26(18)30-3)24-7-5-9-27(19(24)2)33-29(34)28-14-25(20-10-11-20)21(16-32-28)15-31-22-12-13-35-17-22/h4-9,14,16,20,22,30-31H,10-13,15,17H2,1-3H3,(H,33,34)/t22-/m1/s1. The summed E-state index contributed by atoms with van der Waals surface area (Å²) in [7, 11) is 1.93. The lowest BCUT2D eigenvalue weighted by Gasteiger charge is -2.17. The normalized spacial score (nSPS) is 17.4. The van der Waals surface area contributed by atoms with Crippen LogP contribution in [0.1, 0.15) is 57.9 Å². The van der Waals surface area contributed by atoms with Gasteiger partial charge in [0.05, 0.1) is 6.61 Å². The van der Waals surface area contributed by atoms with E-state index in [0.717, 1.165) is 54.2 Å². The lowest BCUT2D eigenvalue weighted by atomic mass is 9.94. The Morgan fingerprint density at radius 1 is 1.03 bits per heavy atom. The molecule has 2 aliphatic rings. The van der Waals surface area contributed by atoms with Crippen LogP contribution in [-0.4, -0.2) is 37.2 Å². The van der Waals surface area contributed by atoms with Crippen molar-refractivity contribution in [1.29, 1.82) is 0 Å². The van der Waals surface area contributed by atoms with E-state index in [-0.39, 0.29) is 5.91 Å². The summed E-state index contributed by atoms with van der Waals surface area (Å²) in [6, 6.07) is 14.7. The van der Waals surface area contributed by atoms with Crippen LogP contribution < -0.4 is 16.0 Å². The molecule has 1 aliphatic carbocycles. The Kier molecular flexibility index (Phi) is 6.84. The van der Waals surface area contributed by atoms with Gasteiger partial charge < -0.3 is 20.7 Å². The molecular formula is C29H34N4O2. The van der Waals surface area contributed by atoms with Crippen LogP contribution in [0.4, 0.5) is 11.4 Å². The van der Waals surface area contributed by atoms with E-state index in [9.17, 15) is 4.79 Å². The Balaban J connectivity index is 1.36. The average Bonchev–Trinajstić information content (AvgIpc) is 3.59. The van der Waals surface area contributed by atoms with E-state index in [4.69, 9.17) is 4.74 Å². The maximum atomic E-state index is 13.2. The van der Waals surface area contributed by atoms with Gasteiger partial charge in [0.15, 0.2) is 0 Å². The van der Waals surface area contributed by atoms with Gasteiger partial charge in [0.25, 0.3) is 5.91 Å². The summed E-state index contributed by atoms with van der Waals surface area (Å²) in [5, 5.41) is 9.95. The molecule has 1 aliphatic heterocycles. The van der Waals surface area contributed by atoms with Crippen LogP contribution in [0.3, 0.4) is 0 Å². The third-order valence-electron chi connectivity index (χ3n) is 7.26. The minimum Gasteiger partial charge on any atom is -0.388 e. The zero-order chi connectivity index (χ0) is 24.4. The number of carbonyl (C=O) groups is 1. The molecule has 0 spiro atoms. The van der Waals surface area contributed by atoms with E-state index < -0.39 is 0 Å². The predicted molar refractivity (Wildman–Crippen MR) is 141 cm³/mol. The van der Waals surface area contributed by atoms with Gasteiger partial charge in [-0.05, 0) is 90.6 Å². The molecule has 3 N–H and O–H groups in total. The van der Waals surface area contributed by atoms with Gasteiger partial charge >= 0.3 is 0 Å². The first-order valence-corrected chi connectivity index (χ1v) is 12.5. The SMILES string of the molecule is CNc1cccc(-c2cccc(NC(=O)c3cc(C4CC4)c(CN[C@@H]4CCOC4)cn3)c2C)c1C. The third-order valence-corrected chi connectivity index (χ3v) is 7.26. The number of benzene rings is 2. The highest BCUT2D eigenvalue weighted by atomic mass is 16.5. The fourth-order valence-electron chi connectivity index (χ4n) is 4.94. The maximum Gasteiger partial charge on any atom is 0.274 e. The van der Waals surface area contributed by atoms with Gasteiger partial charge in [0.1, 0.15) is 5.69 Å². The molecule has 0 unspecified atom stereocenters. The van der Waals surface area contributed by atoms with Crippen LogP contribution in [0.2, 0.25) is 0 Å². The molecule has 1 aromatic heterocycles. The van der Waals surface area contributed by atoms with E-state index in [1.165, 1.54) is 29.5 Å². The molecule has 2 aromatic carbocycles. The summed E-state index contributed by atoms with van der Waals surface area (Å²) in [5.74, 6) is 0.366. The highest BCUT2D eigenvalue weighted by Gasteiger charge is 2.28. The van der Waals surface area contributed by atoms with Gasteiger partial charge in [-0.15, -0.1) is 0 Å². The van der Waals surface area contributed by atoms with Crippen molar-refractivity contribution < 1.29 is 9.53 Å². The molecule has 0 radical (unpaired) electrons. The highest BCUT2D eigenvalue weighted by Crippen LogP contribution is 2.42. The quantitative estimate of drug-likeness (QED) is 0.410. The van der Waals surface area contributed by atoms with Gasteiger partial charge in [-0.3, -0.25) is 9.78 Å². The average molecular weight is 471 g/mol. The Bertz CT molecular complexity index is 1230. The number of nitrogens with zero attached hydrogens (tertiary/aromatic N) is 1.